The maximum absolute atomic E-state index is 5.37. The number of aromatic nitrogens is 3. The normalized spacial score (nSPS) is 10.6. The Hall–Kier alpha value is -2.08. The Balaban J connectivity index is 2.03. The predicted octanol–water partition coefficient (Wildman–Crippen LogP) is 1.43. The predicted molar refractivity (Wildman–Crippen MR) is 75.8 cm³/mol. The molecule has 2 heterocycles. The first-order valence-electron chi connectivity index (χ1n) is 6.42. The quantitative estimate of drug-likeness (QED) is 0.865. The monoisotopic (exact) mass is 276 g/mol. The van der Waals surface area contributed by atoms with Crippen LogP contribution in [-0.2, 0) is 20.1 Å². The van der Waals surface area contributed by atoms with Crippen molar-refractivity contribution in [1.82, 2.24) is 20.1 Å². The highest BCUT2D eigenvalue weighted by Crippen LogP contribution is 2.21. The second kappa shape index (κ2) is 6.38. The van der Waals surface area contributed by atoms with E-state index in [2.05, 4.69) is 15.4 Å². The second-order valence-electron chi connectivity index (χ2n) is 4.47. The van der Waals surface area contributed by atoms with Crippen molar-refractivity contribution in [2.75, 3.05) is 14.2 Å². The number of hydrogen-bond donors (Lipinski definition) is 1. The largest absolute Gasteiger partial charge is 0.481 e. The second-order valence-corrected chi connectivity index (χ2v) is 4.47. The summed E-state index contributed by atoms with van der Waals surface area (Å²) in [6.45, 7) is 3.33. The molecular weight excluding hydrogens is 256 g/mol. The van der Waals surface area contributed by atoms with Crippen LogP contribution in [0.5, 0.6) is 11.8 Å². The molecule has 0 aliphatic heterocycles. The van der Waals surface area contributed by atoms with Crippen molar-refractivity contribution < 1.29 is 9.47 Å². The zero-order valence-corrected chi connectivity index (χ0v) is 12.3. The molecule has 0 amide bonds. The van der Waals surface area contributed by atoms with Crippen LogP contribution in [0.15, 0.2) is 18.3 Å². The van der Waals surface area contributed by atoms with Crippen LogP contribution in [0.4, 0.5) is 0 Å². The van der Waals surface area contributed by atoms with Gasteiger partial charge >= 0.3 is 0 Å². The molecule has 0 spiro atoms. The summed E-state index contributed by atoms with van der Waals surface area (Å²) < 4.78 is 12.3. The van der Waals surface area contributed by atoms with E-state index >= 15 is 0 Å². The molecule has 1 N–H and O–H groups in total. The highest BCUT2D eigenvalue weighted by molar-refractivity contribution is 5.31. The molecule has 6 nitrogen and oxygen atoms in total. The average molecular weight is 276 g/mol. The minimum atomic E-state index is 0.648. The first kappa shape index (κ1) is 14.3. The summed E-state index contributed by atoms with van der Waals surface area (Å²) >= 11 is 0. The van der Waals surface area contributed by atoms with Gasteiger partial charge in [0.2, 0.25) is 11.8 Å². The maximum Gasteiger partial charge on any atom is 0.217 e. The zero-order valence-electron chi connectivity index (χ0n) is 12.3. The summed E-state index contributed by atoms with van der Waals surface area (Å²) in [5.41, 5.74) is 3.06. The summed E-state index contributed by atoms with van der Waals surface area (Å²) in [5, 5.41) is 7.72. The minimum absolute atomic E-state index is 0.648. The Bertz CT molecular complexity index is 581. The van der Waals surface area contributed by atoms with Gasteiger partial charge in [-0.3, -0.25) is 0 Å². The van der Waals surface area contributed by atoms with Gasteiger partial charge in [-0.15, -0.1) is 0 Å². The fourth-order valence-corrected chi connectivity index (χ4v) is 2.20. The molecule has 20 heavy (non-hydrogen) atoms. The molecule has 6 heteroatoms. The van der Waals surface area contributed by atoms with Crippen molar-refractivity contribution in [3.8, 4) is 11.8 Å². The van der Waals surface area contributed by atoms with E-state index in [1.54, 1.807) is 25.1 Å². The van der Waals surface area contributed by atoms with E-state index < -0.39 is 0 Å². The summed E-state index contributed by atoms with van der Waals surface area (Å²) in [5.74, 6) is 1.43. The fraction of sp³-hybridized carbons (Fsp3) is 0.429. The van der Waals surface area contributed by atoms with Crippen LogP contribution in [0.2, 0.25) is 0 Å². The molecule has 0 radical (unpaired) electrons. The number of aryl methyl sites for hydroxylation is 2. The van der Waals surface area contributed by atoms with E-state index in [1.807, 2.05) is 26.1 Å². The molecule has 0 atom stereocenters. The van der Waals surface area contributed by atoms with Crippen molar-refractivity contribution in [2.45, 2.75) is 20.0 Å². The van der Waals surface area contributed by atoms with Gasteiger partial charge in [-0.25, -0.2) is 9.67 Å². The van der Waals surface area contributed by atoms with E-state index in [1.165, 1.54) is 0 Å². The molecule has 0 aliphatic carbocycles. The Labute approximate surface area is 118 Å². The van der Waals surface area contributed by atoms with Crippen LogP contribution in [0, 0.1) is 6.92 Å². The summed E-state index contributed by atoms with van der Waals surface area (Å²) in [6, 6.07) is 3.89. The Morgan fingerprint density at radius 2 is 2.05 bits per heavy atom. The number of methoxy groups -OCH3 is 2. The third-order valence-electron chi connectivity index (χ3n) is 3.14. The summed E-state index contributed by atoms with van der Waals surface area (Å²) in [6.07, 6.45) is 1.72. The Morgan fingerprint density at radius 1 is 1.25 bits per heavy atom. The summed E-state index contributed by atoms with van der Waals surface area (Å²) in [7, 11) is 5.16. The SMILES string of the molecule is COc1ncccc1CNCc1c(C)nn(C)c1OC. The molecular formula is C14H20N4O2. The average Bonchev–Trinajstić information content (AvgIpc) is 2.73. The van der Waals surface area contributed by atoms with Crippen LogP contribution in [0.3, 0.4) is 0 Å². The van der Waals surface area contributed by atoms with Crippen molar-refractivity contribution in [3.05, 3.63) is 35.2 Å². The number of nitrogens with zero attached hydrogens (tertiary/aromatic N) is 3. The number of nitrogens with one attached hydrogen (secondary N) is 1. The van der Waals surface area contributed by atoms with Crippen molar-refractivity contribution in [2.24, 2.45) is 7.05 Å². The van der Waals surface area contributed by atoms with Gasteiger partial charge in [0.15, 0.2) is 0 Å². The molecule has 0 saturated heterocycles. The molecule has 0 saturated carbocycles. The topological polar surface area (TPSA) is 61.2 Å². The van der Waals surface area contributed by atoms with Gasteiger partial charge in [-0.05, 0) is 13.0 Å². The van der Waals surface area contributed by atoms with Gasteiger partial charge in [0.1, 0.15) is 0 Å². The van der Waals surface area contributed by atoms with E-state index in [-0.39, 0.29) is 0 Å². The molecule has 0 aromatic carbocycles. The highest BCUT2D eigenvalue weighted by atomic mass is 16.5. The third-order valence-corrected chi connectivity index (χ3v) is 3.14. The highest BCUT2D eigenvalue weighted by Gasteiger charge is 2.13. The van der Waals surface area contributed by atoms with Crippen molar-refractivity contribution >= 4 is 0 Å². The molecule has 0 unspecified atom stereocenters. The molecule has 2 aromatic rings. The van der Waals surface area contributed by atoms with Crippen LogP contribution >= 0.6 is 0 Å². The van der Waals surface area contributed by atoms with Crippen molar-refractivity contribution in [3.63, 3.8) is 0 Å². The lowest BCUT2D eigenvalue weighted by Crippen LogP contribution is -2.14. The van der Waals surface area contributed by atoms with Gasteiger partial charge in [-0.2, -0.15) is 5.10 Å². The van der Waals surface area contributed by atoms with Gasteiger partial charge in [-0.1, -0.05) is 6.07 Å². The lowest BCUT2D eigenvalue weighted by Gasteiger charge is -2.09. The minimum Gasteiger partial charge on any atom is -0.481 e. The molecule has 108 valence electrons. The Kier molecular flexibility index (Phi) is 4.57. The van der Waals surface area contributed by atoms with E-state index in [9.17, 15) is 0 Å². The number of rotatable bonds is 6. The smallest absolute Gasteiger partial charge is 0.217 e. The van der Waals surface area contributed by atoms with Crippen LogP contribution < -0.4 is 14.8 Å². The zero-order chi connectivity index (χ0) is 14.5. The lowest BCUT2D eigenvalue weighted by atomic mass is 10.2. The number of hydrogen-bond acceptors (Lipinski definition) is 5. The van der Waals surface area contributed by atoms with Gasteiger partial charge in [0.25, 0.3) is 0 Å². The number of ether oxygens (including phenoxy) is 2. The molecule has 0 bridgehead atoms. The molecule has 2 rings (SSSR count). The van der Waals surface area contributed by atoms with E-state index in [0.29, 0.717) is 19.0 Å². The number of pyridine rings is 1. The molecule has 2 aromatic heterocycles. The van der Waals surface area contributed by atoms with Gasteiger partial charge < -0.3 is 14.8 Å². The molecule has 0 fully saturated rings. The van der Waals surface area contributed by atoms with Crippen LogP contribution in [-0.4, -0.2) is 29.0 Å². The standard InChI is InChI=1S/C14H20N4O2/c1-10-12(14(20-4)18(2)17-10)9-15-8-11-6-5-7-16-13(11)19-3/h5-7,15H,8-9H2,1-4H3. The van der Waals surface area contributed by atoms with E-state index in [0.717, 1.165) is 22.7 Å². The Morgan fingerprint density at radius 3 is 2.75 bits per heavy atom. The maximum atomic E-state index is 5.37. The first-order valence-corrected chi connectivity index (χ1v) is 6.42. The van der Waals surface area contributed by atoms with Gasteiger partial charge in [0.05, 0.1) is 25.5 Å². The van der Waals surface area contributed by atoms with E-state index in [4.69, 9.17) is 9.47 Å². The van der Waals surface area contributed by atoms with Gasteiger partial charge in [0, 0.05) is 31.9 Å². The first-order chi connectivity index (χ1) is 9.67. The third kappa shape index (κ3) is 2.91. The molecule has 0 aliphatic rings. The lowest BCUT2D eigenvalue weighted by molar-refractivity contribution is 0.367. The van der Waals surface area contributed by atoms with Crippen molar-refractivity contribution in [1.29, 1.82) is 0 Å². The van der Waals surface area contributed by atoms with Crippen LogP contribution in [0.1, 0.15) is 16.8 Å². The summed E-state index contributed by atoms with van der Waals surface area (Å²) in [4.78, 5) is 4.17. The van der Waals surface area contributed by atoms with Crippen LogP contribution in [0.25, 0.3) is 0 Å². The fourth-order valence-electron chi connectivity index (χ4n) is 2.20.